The van der Waals surface area contributed by atoms with Gasteiger partial charge < -0.3 is 0 Å². The highest BCUT2D eigenvalue weighted by molar-refractivity contribution is 9.10. The lowest BCUT2D eigenvalue weighted by Crippen LogP contribution is -1.98. The number of halogens is 1. The highest BCUT2D eigenvalue weighted by Gasteiger charge is 2.27. The zero-order valence-electron chi connectivity index (χ0n) is 8.95. The summed E-state index contributed by atoms with van der Waals surface area (Å²) in [7, 11) is 0. The fourth-order valence-corrected chi connectivity index (χ4v) is 2.79. The second-order valence-corrected chi connectivity index (χ2v) is 5.80. The van der Waals surface area contributed by atoms with Gasteiger partial charge in [-0.1, -0.05) is 11.8 Å². The standard InChI is InChI=1S/C10H10BrN5S/c11-8-3-7(4-12-5-8)6-17-10-13-14-15-16(10)9-1-2-9/h3-5,9H,1-2,6H2. The van der Waals surface area contributed by atoms with Crippen LogP contribution >= 0.6 is 27.7 Å². The Hall–Kier alpha value is -0.950. The summed E-state index contributed by atoms with van der Waals surface area (Å²) in [6.45, 7) is 0. The molecule has 7 heteroatoms. The van der Waals surface area contributed by atoms with E-state index in [1.165, 1.54) is 12.8 Å². The van der Waals surface area contributed by atoms with Crippen molar-refractivity contribution in [2.45, 2.75) is 29.8 Å². The van der Waals surface area contributed by atoms with Crippen molar-refractivity contribution in [2.24, 2.45) is 0 Å². The molecule has 1 fully saturated rings. The first-order chi connectivity index (χ1) is 8.33. The summed E-state index contributed by atoms with van der Waals surface area (Å²) in [6, 6.07) is 2.58. The maximum absolute atomic E-state index is 4.14. The van der Waals surface area contributed by atoms with E-state index in [4.69, 9.17) is 0 Å². The number of tetrazole rings is 1. The van der Waals surface area contributed by atoms with E-state index in [0.29, 0.717) is 6.04 Å². The van der Waals surface area contributed by atoms with Gasteiger partial charge in [0.2, 0.25) is 5.16 Å². The van der Waals surface area contributed by atoms with E-state index in [1.54, 1.807) is 18.0 Å². The highest BCUT2D eigenvalue weighted by atomic mass is 79.9. The van der Waals surface area contributed by atoms with Crippen molar-refractivity contribution in [2.75, 3.05) is 0 Å². The number of hydrogen-bond acceptors (Lipinski definition) is 5. The molecule has 1 aliphatic carbocycles. The molecular formula is C10H10BrN5S. The first-order valence-corrected chi connectivity index (χ1v) is 7.11. The summed E-state index contributed by atoms with van der Waals surface area (Å²) in [4.78, 5) is 4.14. The predicted octanol–water partition coefficient (Wildman–Crippen LogP) is 2.46. The Labute approximate surface area is 111 Å². The van der Waals surface area contributed by atoms with Crippen LogP contribution in [0.3, 0.4) is 0 Å². The van der Waals surface area contributed by atoms with Gasteiger partial charge in [-0.15, -0.1) is 5.10 Å². The number of nitrogens with zero attached hydrogens (tertiary/aromatic N) is 5. The Kier molecular flexibility index (Phi) is 3.11. The molecule has 0 radical (unpaired) electrons. The van der Waals surface area contributed by atoms with Crippen LogP contribution in [0.5, 0.6) is 0 Å². The first-order valence-electron chi connectivity index (χ1n) is 5.33. The second-order valence-electron chi connectivity index (χ2n) is 3.94. The Balaban J connectivity index is 1.69. The van der Waals surface area contributed by atoms with Crippen molar-refractivity contribution in [1.82, 2.24) is 25.2 Å². The molecule has 3 rings (SSSR count). The number of thioether (sulfide) groups is 1. The van der Waals surface area contributed by atoms with E-state index < -0.39 is 0 Å². The van der Waals surface area contributed by atoms with E-state index in [2.05, 4.69) is 42.5 Å². The molecular weight excluding hydrogens is 302 g/mol. The Morgan fingerprint density at radius 2 is 2.29 bits per heavy atom. The van der Waals surface area contributed by atoms with Crippen molar-refractivity contribution in [3.63, 3.8) is 0 Å². The van der Waals surface area contributed by atoms with E-state index in [1.807, 2.05) is 10.9 Å². The van der Waals surface area contributed by atoms with Gasteiger partial charge >= 0.3 is 0 Å². The number of rotatable bonds is 4. The van der Waals surface area contributed by atoms with Crippen LogP contribution in [0.25, 0.3) is 0 Å². The Morgan fingerprint density at radius 1 is 1.41 bits per heavy atom. The van der Waals surface area contributed by atoms with Crippen molar-refractivity contribution < 1.29 is 0 Å². The van der Waals surface area contributed by atoms with Crippen molar-refractivity contribution in [3.8, 4) is 0 Å². The molecule has 0 atom stereocenters. The minimum absolute atomic E-state index is 0.521. The van der Waals surface area contributed by atoms with Crippen molar-refractivity contribution in [3.05, 3.63) is 28.5 Å². The molecule has 2 aromatic rings. The van der Waals surface area contributed by atoms with Crippen LogP contribution in [0.4, 0.5) is 0 Å². The van der Waals surface area contributed by atoms with Crippen molar-refractivity contribution >= 4 is 27.7 Å². The summed E-state index contributed by atoms with van der Waals surface area (Å²) >= 11 is 5.06. The quantitative estimate of drug-likeness (QED) is 0.812. The van der Waals surface area contributed by atoms with E-state index in [-0.39, 0.29) is 0 Å². The van der Waals surface area contributed by atoms with Gasteiger partial charge in [-0.2, -0.15) is 0 Å². The van der Waals surface area contributed by atoms with Crippen LogP contribution < -0.4 is 0 Å². The molecule has 0 saturated heterocycles. The Bertz CT molecular complexity index is 525. The van der Waals surface area contributed by atoms with E-state index >= 15 is 0 Å². The number of aromatic nitrogens is 5. The fourth-order valence-electron chi connectivity index (χ4n) is 1.51. The van der Waals surface area contributed by atoms with Crippen LogP contribution in [-0.4, -0.2) is 25.2 Å². The molecule has 0 unspecified atom stereocenters. The largest absolute Gasteiger partial charge is 0.263 e. The molecule has 0 bridgehead atoms. The maximum Gasteiger partial charge on any atom is 0.209 e. The smallest absolute Gasteiger partial charge is 0.209 e. The topological polar surface area (TPSA) is 56.5 Å². The maximum atomic E-state index is 4.14. The lowest BCUT2D eigenvalue weighted by atomic mass is 10.3. The third-order valence-corrected chi connectivity index (χ3v) is 3.92. The van der Waals surface area contributed by atoms with Gasteiger partial charge in [-0.3, -0.25) is 4.98 Å². The summed E-state index contributed by atoms with van der Waals surface area (Å²) in [5.74, 6) is 0.833. The second kappa shape index (κ2) is 4.73. The average molecular weight is 312 g/mol. The van der Waals surface area contributed by atoms with Gasteiger partial charge in [0.1, 0.15) is 0 Å². The van der Waals surface area contributed by atoms with Gasteiger partial charge in [0.15, 0.2) is 0 Å². The van der Waals surface area contributed by atoms with Gasteiger partial charge in [-0.25, -0.2) is 4.68 Å². The molecule has 0 aromatic carbocycles. The average Bonchev–Trinajstić information content (AvgIpc) is 3.06. The normalized spacial score (nSPS) is 15.1. The van der Waals surface area contributed by atoms with E-state index in [0.717, 1.165) is 20.9 Å². The van der Waals surface area contributed by atoms with Gasteiger partial charge in [0, 0.05) is 22.6 Å². The molecule has 0 amide bonds. The van der Waals surface area contributed by atoms with Gasteiger partial charge in [0.25, 0.3) is 0 Å². The highest BCUT2D eigenvalue weighted by Crippen LogP contribution is 2.36. The predicted molar refractivity (Wildman–Crippen MR) is 67.6 cm³/mol. The van der Waals surface area contributed by atoms with Crippen LogP contribution in [0.2, 0.25) is 0 Å². The molecule has 0 aliphatic heterocycles. The molecule has 5 nitrogen and oxygen atoms in total. The van der Waals surface area contributed by atoms with Crippen LogP contribution in [0, 0.1) is 0 Å². The molecule has 1 saturated carbocycles. The lowest BCUT2D eigenvalue weighted by molar-refractivity contribution is 0.565. The summed E-state index contributed by atoms with van der Waals surface area (Å²) in [5.41, 5.74) is 1.16. The third-order valence-electron chi connectivity index (χ3n) is 2.48. The zero-order chi connectivity index (χ0) is 11.7. The number of pyridine rings is 1. The van der Waals surface area contributed by atoms with Gasteiger partial charge in [-0.05, 0) is 50.8 Å². The van der Waals surface area contributed by atoms with E-state index in [9.17, 15) is 0 Å². The molecule has 0 N–H and O–H groups in total. The fraction of sp³-hybridized carbons (Fsp3) is 0.400. The summed E-state index contributed by atoms with van der Waals surface area (Å²) in [6.07, 6.45) is 6.03. The number of hydrogen-bond donors (Lipinski definition) is 0. The summed E-state index contributed by atoms with van der Waals surface area (Å²) < 4.78 is 2.92. The molecule has 88 valence electrons. The van der Waals surface area contributed by atoms with Crippen molar-refractivity contribution in [1.29, 1.82) is 0 Å². The zero-order valence-corrected chi connectivity index (χ0v) is 11.4. The third kappa shape index (κ3) is 2.66. The minimum atomic E-state index is 0.521. The molecule has 1 aliphatic rings. The summed E-state index contributed by atoms with van der Waals surface area (Å²) in [5, 5.41) is 12.7. The molecule has 2 heterocycles. The van der Waals surface area contributed by atoms with Gasteiger partial charge in [0.05, 0.1) is 6.04 Å². The molecule has 0 spiro atoms. The Morgan fingerprint density at radius 3 is 3.06 bits per heavy atom. The molecule has 2 aromatic heterocycles. The lowest BCUT2D eigenvalue weighted by Gasteiger charge is -2.02. The van der Waals surface area contributed by atoms with Crippen LogP contribution in [0.15, 0.2) is 28.1 Å². The first kappa shape index (κ1) is 11.2. The van der Waals surface area contributed by atoms with Crippen LogP contribution in [0.1, 0.15) is 24.4 Å². The molecule has 17 heavy (non-hydrogen) atoms. The van der Waals surface area contributed by atoms with Crippen LogP contribution in [-0.2, 0) is 5.75 Å². The monoisotopic (exact) mass is 311 g/mol. The minimum Gasteiger partial charge on any atom is -0.263 e. The SMILES string of the molecule is Brc1cncc(CSc2nnnn2C2CC2)c1.